The molecule has 0 bridgehead atoms. The standard InChI is InChI=1S/C18H26N4O2S/c1-13(2)22-17(14-6-8-16(24-3)9-7-14)19-21(18(22)25)12-20-10-4-5-15(23)11-20/h6-9,13,15,23H,4-5,10-12H2,1-3H3/t15-/m0/s1. The number of hydrogen-bond donors (Lipinski definition) is 1. The molecule has 1 saturated heterocycles. The van der Waals surface area contributed by atoms with Crippen molar-refractivity contribution in [3.63, 3.8) is 0 Å². The fraction of sp³-hybridized carbons (Fsp3) is 0.556. The van der Waals surface area contributed by atoms with Crippen molar-refractivity contribution in [1.82, 2.24) is 19.2 Å². The van der Waals surface area contributed by atoms with E-state index >= 15 is 0 Å². The molecule has 0 amide bonds. The number of ether oxygens (including phenoxy) is 1. The molecule has 1 fully saturated rings. The lowest BCUT2D eigenvalue weighted by Crippen LogP contribution is -2.39. The third-order valence-electron chi connectivity index (χ3n) is 4.55. The van der Waals surface area contributed by atoms with E-state index < -0.39 is 0 Å². The summed E-state index contributed by atoms with van der Waals surface area (Å²) >= 11 is 5.69. The number of aromatic nitrogens is 3. The summed E-state index contributed by atoms with van der Waals surface area (Å²) < 4.78 is 9.90. The van der Waals surface area contributed by atoms with Crippen molar-refractivity contribution in [2.24, 2.45) is 0 Å². The van der Waals surface area contributed by atoms with E-state index in [-0.39, 0.29) is 12.1 Å². The summed E-state index contributed by atoms with van der Waals surface area (Å²) in [6, 6.07) is 8.09. The van der Waals surface area contributed by atoms with Gasteiger partial charge in [-0.25, -0.2) is 4.68 Å². The van der Waals surface area contributed by atoms with Gasteiger partial charge in [-0.3, -0.25) is 9.47 Å². The van der Waals surface area contributed by atoms with Gasteiger partial charge in [0.2, 0.25) is 0 Å². The topological polar surface area (TPSA) is 55.4 Å². The number of hydrogen-bond acceptors (Lipinski definition) is 5. The van der Waals surface area contributed by atoms with E-state index in [1.807, 2.05) is 28.9 Å². The zero-order chi connectivity index (χ0) is 18.0. The van der Waals surface area contributed by atoms with E-state index in [2.05, 4.69) is 23.3 Å². The van der Waals surface area contributed by atoms with E-state index in [1.54, 1.807) is 7.11 Å². The van der Waals surface area contributed by atoms with Crippen LogP contribution < -0.4 is 4.74 Å². The molecule has 25 heavy (non-hydrogen) atoms. The van der Waals surface area contributed by atoms with Gasteiger partial charge in [0.05, 0.1) is 19.9 Å². The number of benzene rings is 1. The summed E-state index contributed by atoms with van der Waals surface area (Å²) in [5.41, 5.74) is 1.01. The van der Waals surface area contributed by atoms with E-state index in [1.165, 1.54) is 0 Å². The summed E-state index contributed by atoms with van der Waals surface area (Å²) in [4.78, 5) is 2.21. The molecule has 1 aromatic heterocycles. The van der Waals surface area contributed by atoms with Crippen molar-refractivity contribution in [2.75, 3.05) is 20.2 Å². The second-order valence-electron chi connectivity index (χ2n) is 6.81. The Labute approximate surface area is 153 Å². The van der Waals surface area contributed by atoms with Crippen molar-refractivity contribution in [3.8, 4) is 17.1 Å². The van der Waals surface area contributed by atoms with Gasteiger partial charge < -0.3 is 9.84 Å². The van der Waals surface area contributed by atoms with E-state index in [0.717, 1.165) is 36.5 Å². The average molecular weight is 362 g/mol. The van der Waals surface area contributed by atoms with Gasteiger partial charge in [-0.15, -0.1) is 0 Å². The predicted molar refractivity (Wildman–Crippen MR) is 100 cm³/mol. The van der Waals surface area contributed by atoms with Crippen molar-refractivity contribution in [2.45, 2.75) is 45.5 Å². The molecule has 6 nitrogen and oxygen atoms in total. The first-order valence-corrected chi connectivity index (χ1v) is 9.14. The SMILES string of the molecule is COc1ccc(-c2nn(CN3CCC[C@H](O)C3)c(=S)n2C(C)C)cc1. The molecule has 1 aliphatic rings. The monoisotopic (exact) mass is 362 g/mol. The largest absolute Gasteiger partial charge is 0.497 e. The highest BCUT2D eigenvalue weighted by atomic mass is 32.1. The maximum atomic E-state index is 9.89. The van der Waals surface area contributed by atoms with Crippen LogP contribution >= 0.6 is 12.2 Å². The maximum Gasteiger partial charge on any atom is 0.199 e. The van der Waals surface area contributed by atoms with Crippen LogP contribution in [0.4, 0.5) is 0 Å². The third kappa shape index (κ3) is 3.94. The number of aliphatic hydroxyl groups is 1. The van der Waals surface area contributed by atoms with Gasteiger partial charge in [0.25, 0.3) is 0 Å². The Morgan fingerprint density at radius 1 is 1.32 bits per heavy atom. The van der Waals surface area contributed by atoms with Gasteiger partial charge in [-0.05, 0) is 63.2 Å². The molecular formula is C18H26N4O2S. The number of aliphatic hydroxyl groups excluding tert-OH is 1. The molecule has 0 aliphatic carbocycles. The lowest BCUT2D eigenvalue weighted by molar-refractivity contribution is 0.0512. The van der Waals surface area contributed by atoms with Crippen molar-refractivity contribution >= 4 is 12.2 Å². The minimum absolute atomic E-state index is 0.213. The molecule has 0 unspecified atom stereocenters. The molecule has 0 saturated carbocycles. The highest BCUT2D eigenvalue weighted by Gasteiger charge is 2.21. The van der Waals surface area contributed by atoms with Gasteiger partial charge in [0.1, 0.15) is 5.75 Å². The van der Waals surface area contributed by atoms with Crippen LogP contribution in [0.2, 0.25) is 0 Å². The Morgan fingerprint density at radius 3 is 2.64 bits per heavy atom. The molecule has 136 valence electrons. The second kappa shape index (κ2) is 7.68. The zero-order valence-corrected chi connectivity index (χ0v) is 15.9. The number of likely N-dealkylation sites (tertiary alicyclic amines) is 1. The van der Waals surface area contributed by atoms with Gasteiger partial charge >= 0.3 is 0 Å². The Bertz CT molecular complexity index is 766. The minimum atomic E-state index is -0.254. The molecule has 1 atom stereocenters. The van der Waals surface area contributed by atoms with E-state index in [4.69, 9.17) is 22.1 Å². The number of piperidine rings is 1. The fourth-order valence-electron chi connectivity index (χ4n) is 3.26. The Balaban J connectivity index is 1.93. The van der Waals surface area contributed by atoms with Gasteiger partial charge in [0, 0.05) is 24.7 Å². The number of rotatable bonds is 5. The van der Waals surface area contributed by atoms with Gasteiger partial charge in [0.15, 0.2) is 10.6 Å². The van der Waals surface area contributed by atoms with E-state index in [9.17, 15) is 5.11 Å². The molecule has 2 aromatic rings. The molecular weight excluding hydrogens is 336 g/mol. The lowest BCUT2D eigenvalue weighted by atomic mass is 10.1. The molecule has 2 heterocycles. The molecule has 3 rings (SSSR count). The molecule has 1 N–H and O–H groups in total. The normalized spacial score (nSPS) is 18.7. The van der Waals surface area contributed by atoms with Crippen LogP contribution in [0, 0.1) is 4.77 Å². The van der Waals surface area contributed by atoms with Crippen LogP contribution in [0.25, 0.3) is 11.4 Å². The Morgan fingerprint density at radius 2 is 2.04 bits per heavy atom. The maximum absolute atomic E-state index is 9.89. The lowest BCUT2D eigenvalue weighted by Gasteiger charge is -2.29. The van der Waals surface area contributed by atoms with Crippen molar-refractivity contribution in [1.29, 1.82) is 0 Å². The first-order chi connectivity index (χ1) is 12.0. The summed E-state index contributed by atoms with van der Waals surface area (Å²) in [5.74, 6) is 1.68. The van der Waals surface area contributed by atoms with Crippen LogP contribution in [0.15, 0.2) is 24.3 Å². The second-order valence-corrected chi connectivity index (χ2v) is 7.18. The fourth-order valence-corrected chi connectivity index (χ4v) is 3.66. The number of β-amino-alcohol motifs (C(OH)–C–C–N with tert-alkyl or cyclic N) is 1. The highest BCUT2D eigenvalue weighted by Crippen LogP contribution is 2.25. The van der Waals surface area contributed by atoms with Crippen LogP contribution in [-0.2, 0) is 6.67 Å². The Hall–Kier alpha value is -1.70. The number of nitrogens with zero attached hydrogens (tertiary/aromatic N) is 4. The molecule has 0 spiro atoms. The highest BCUT2D eigenvalue weighted by molar-refractivity contribution is 7.71. The van der Waals surface area contributed by atoms with Gasteiger partial charge in [-0.2, -0.15) is 5.10 Å². The van der Waals surface area contributed by atoms with Gasteiger partial charge in [-0.1, -0.05) is 0 Å². The first-order valence-electron chi connectivity index (χ1n) is 8.73. The molecule has 1 aromatic carbocycles. The quantitative estimate of drug-likeness (QED) is 0.829. The van der Waals surface area contributed by atoms with Crippen LogP contribution in [0.5, 0.6) is 5.75 Å². The third-order valence-corrected chi connectivity index (χ3v) is 4.96. The summed E-state index contributed by atoms with van der Waals surface area (Å²) in [5, 5.41) is 14.7. The van der Waals surface area contributed by atoms with Crippen LogP contribution in [0.1, 0.15) is 32.7 Å². The molecule has 0 radical (unpaired) electrons. The van der Waals surface area contributed by atoms with Crippen LogP contribution in [0.3, 0.4) is 0 Å². The average Bonchev–Trinajstić information content (AvgIpc) is 2.92. The smallest absolute Gasteiger partial charge is 0.199 e. The molecule has 1 aliphatic heterocycles. The number of methoxy groups -OCH3 is 1. The Kier molecular flexibility index (Phi) is 5.56. The van der Waals surface area contributed by atoms with Crippen molar-refractivity contribution in [3.05, 3.63) is 29.0 Å². The summed E-state index contributed by atoms with van der Waals surface area (Å²) in [7, 11) is 1.66. The summed E-state index contributed by atoms with van der Waals surface area (Å²) in [6.07, 6.45) is 1.63. The zero-order valence-electron chi connectivity index (χ0n) is 15.1. The predicted octanol–water partition coefficient (Wildman–Crippen LogP) is 3.08. The van der Waals surface area contributed by atoms with E-state index in [0.29, 0.717) is 18.0 Å². The van der Waals surface area contributed by atoms with Crippen LogP contribution in [-0.4, -0.2) is 50.7 Å². The minimum Gasteiger partial charge on any atom is -0.497 e. The molecule has 7 heteroatoms. The van der Waals surface area contributed by atoms with Crippen molar-refractivity contribution < 1.29 is 9.84 Å². The first kappa shape index (κ1) is 18.1. The summed E-state index contributed by atoms with van der Waals surface area (Å²) in [6.45, 7) is 6.47.